The Kier molecular flexibility index (Phi) is 7.57. The molecule has 1 aliphatic heterocycles. The highest BCUT2D eigenvalue weighted by Gasteiger charge is 2.28. The highest BCUT2D eigenvalue weighted by molar-refractivity contribution is 7.18. The van der Waals surface area contributed by atoms with E-state index in [0.717, 1.165) is 0 Å². The number of primary amides is 1. The fourth-order valence-corrected chi connectivity index (χ4v) is 5.37. The Morgan fingerprint density at radius 2 is 1.90 bits per heavy atom. The summed E-state index contributed by atoms with van der Waals surface area (Å²) in [5, 5.41) is 11.1. The van der Waals surface area contributed by atoms with Crippen LogP contribution in [0, 0.1) is 5.92 Å². The first-order chi connectivity index (χ1) is 18.8. The van der Waals surface area contributed by atoms with Gasteiger partial charge in [0.15, 0.2) is 0 Å². The summed E-state index contributed by atoms with van der Waals surface area (Å²) >= 11 is 7.09. The number of rotatable bonds is 7. The average Bonchev–Trinajstić information content (AvgIpc) is 3.60. The fraction of sp³-hybridized carbons (Fsp3) is 0.231. The summed E-state index contributed by atoms with van der Waals surface area (Å²) in [5.74, 6) is -1.17. The summed E-state index contributed by atoms with van der Waals surface area (Å²) in [6, 6.07) is 13.2. The molecule has 13 heteroatoms. The predicted octanol–water partition coefficient (Wildman–Crippen LogP) is 2.40. The first-order valence-electron chi connectivity index (χ1n) is 12.2. The van der Waals surface area contributed by atoms with Gasteiger partial charge < -0.3 is 16.0 Å². The number of nitrogens with one attached hydrogen (secondary N) is 1. The zero-order chi connectivity index (χ0) is 27.5. The van der Waals surface area contributed by atoms with Gasteiger partial charge in [0.2, 0.25) is 5.91 Å². The Bertz CT molecular complexity index is 1600. The SMILES string of the molecule is NC(=O)C1CCN(C(=O)c2cc(-n3ccccc3=O)ccc2-n2cc(CNC(=O)c3ccc(Cl)s3)nn2)CC1. The second-order valence-electron chi connectivity index (χ2n) is 9.02. The first kappa shape index (κ1) is 26.3. The number of aromatic nitrogens is 4. The first-order valence-corrected chi connectivity index (χ1v) is 13.4. The van der Waals surface area contributed by atoms with E-state index < -0.39 is 0 Å². The molecule has 0 unspecified atom stereocenters. The van der Waals surface area contributed by atoms with Crippen LogP contribution in [0.15, 0.2) is 65.7 Å². The maximum atomic E-state index is 13.7. The molecular formula is C26H24ClN7O4S. The van der Waals surface area contributed by atoms with E-state index in [2.05, 4.69) is 15.6 Å². The summed E-state index contributed by atoms with van der Waals surface area (Å²) in [5.41, 5.74) is 6.98. The quantitative estimate of drug-likeness (QED) is 0.352. The predicted molar refractivity (Wildman–Crippen MR) is 145 cm³/mol. The van der Waals surface area contributed by atoms with E-state index in [1.165, 1.54) is 26.7 Å². The van der Waals surface area contributed by atoms with Crippen molar-refractivity contribution in [2.24, 2.45) is 11.7 Å². The fourth-order valence-electron chi connectivity index (χ4n) is 4.41. The highest BCUT2D eigenvalue weighted by atomic mass is 35.5. The summed E-state index contributed by atoms with van der Waals surface area (Å²) < 4.78 is 3.42. The second kappa shape index (κ2) is 11.2. The Labute approximate surface area is 231 Å². The number of hydrogen-bond acceptors (Lipinski definition) is 7. The van der Waals surface area contributed by atoms with E-state index in [-0.39, 0.29) is 35.7 Å². The Morgan fingerprint density at radius 1 is 1.10 bits per heavy atom. The van der Waals surface area contributed by atoms with Gasteiger partial charge >= 0.3 is 0 Å². The van der Waals surface area contributed by atoms with Crippen LogP contribution in [0.5, 0.6) is 0 Å². The van der Waals surface area contributed by atoms with Crippen LogP contribution >= 0.6 is 22.9 Å². The van der Waals surface area contributed by atoms with Gasteiger partial charge in [0.1, 0.15) is 5.69 Å². The largest absolute Gasteiger partial charge is 0.369 e. The van der Waals surface area contributed by atoms with Crippen LogP contribution in [0.3, 0.4) is 0 Å². The third-order valence-corrected chi connectivity index (χ3v) is 7.74. The van der Waals surface area contributed by atoms with E-state index in [1.807, 2.05) is 0 Å². The monoisotopic (exact) mass is 565 g/mol. The van der Waals surface area contributed by atoms with Crippen molar-refractivity contribution in [3.05, 3.63) is 91.7 Å². The van der Waals surface area contributed by atoms with Crippen molar-refractivity contribution in [2.75, 3.05) is 13.1 Å². The van der Waals surface area contributed by atoms with E-state index in [9.17, 15) is 19.2 Å². The third-order valence-electron chi connectivity index (χ3n) is 6.51. The summed E-state index contributed by atoms with van der Waals surface area (Å²) in [7, 11) is 0. The van der Waals surface area contributed by atoms with Crippen LogP contribution in [-0.4, -0.2) is 55.3 Å². The summed E-state index contributed by atoms with van der Waals surface area (Å²) in [6.07, 6.45) is 4.22. The van der Waals surface area contributed by atoms with Crippen LogP contribution in [0.4, 0.5) is 0 Å². The number of nitrogens with two attached hydrogens (primary N) is 1. The number of benzene rings is 1. The van der Waals surface area contributed by atoms with Crippen molar-refractivity contribution < 1.29 is 14.4 Å². The number of hydrogen-bond donors (Lipinski definition) is 2. The van der Waals surface area contributed by atoms with Crippen molar-refractivity contribution in [2.45, 2.75) is 19.4 Å². The normalized spacial score (nSPS) is 13.8. The number of amides is 3. The molecule has 0 bridgehead atoms. The molecule has 3 N–H and O–H groups in total. The molecule has 0 atom stereocenters. The van der Waals surface area contributed by atoms with E-state index >= 15 is 0 Å². The topological polar surface area (TPSA) is 145 Å². The molecule has 0 aliphatic carbocycles. The second-order valence-corrected chi connectivity index (χ2v) is 10.7. The number of piperidine rings is 1. The van der Waals surface area contributed by atoms with E-state index in [1.54, 1.807) is 59.8 Å². The number of carbonyl (C=O) groups is 3. The van der Waals surface area contributed by atoms with Crippen LogP contribution in [0.25, 0.3) is 11.4 Å². The molecule has 11 nitrogen and oxygen atoms in total. The minimum absolute atomic E-state index is 0.121. The minimum atomic E-state index is -0.363. The molecule has 4 aromatic rings. The lowest BCUT2D eigenvalue weighted by Gasteiger charge is -2.31. The van der Waals surface area contributed by atoms with Crippen LogP contribution in [-0.2, 0) is 11.3 Å². The maximum Gasteiger partial charge on any atom is 0.261 e. The smallest absolute Gasteiger partial charge is 0.261 e. The van der Waals surface area contributed by atoms with Gasteiger partial charge in [0.25, 0.3) is 17.4 Å². The van der Waals surface area contributed by atoms with Crippen LogP contribution in [0.2, 0.25) is 4.34 Å². The zero-order valence-electron chi connectivity index (χ0n) is 20.6. The highest BCUT2D eigenvalue weighted by Crippen LogP contribution is 2.24. The maximum absolute atomic E-state index is 13.7. The van der Waals surface area contributed by atoms with Gasteiger partial charge in [0.05, 0.1) is 33.2 Å². The number of halogens is 1. The Hall–Kier alpha value is -4.29. The molecule has 1 aliphatic rings. The van der Waals surface area contributed by atoms with Gasteiger partial charge in [-0.25, -0.2) is 4.68 Å². The standard InChI is InChI=1S/C26H24ClN7O4S/c27-22-7-6-21(39-22)25(37)29-14-17-15-34(31-30-17)20-5-4-18(33-10-2-1-3-23(33)35)13-19(20)26(38)32-11-8-16(9-12-32)24(28)36/h1-7,10,13,15-16H,8-9,11-12,14H2,(H2,28,36)(H,29,37). The molecule has 3 aromatic heterocycles. The zero-order valence-corrected chi connectivity index (χ0v) is 22.2. The van der Waals surface area contributed by atoms with Crippen LogP contribution in [0.1, 0.15) is 38.6 Å². The van der Waals surface area contributed by atoms with E-state index in [4.69, 9.17) is 17.3 Å². The van der Waals surface area contributed by atoms with Crippen LogP contribution < -0.4 is 16.6 Å². The molecule has 1 aromatic carbocycles. The Morgan fingerprint density at radius 3 is 2.59 bits per heavy atom. The van der Waals surface area contributed by atoms with Crippen molar-refractivity contribution in [1.29, 1.82) is 0 Å². The van der Waals surface area contributed by atoms with Crippen molar-refractivity contribution in [3.63, 3.8) is 0 Å². The van der Waals surface area contributed by atoms with Gasteiger partial charge in [-0.15, -0.1) is 16.4 Å². The number of carbonyl (C=O) groups excluding carboxylic acids is 3. The molecule has 0 saturated carbocycles. The molecule has 5 rings (SSSR count). The molecule has 1 saturated heterocycles. The van der Waals surface area contributed by atoms with Gasteiger partial charge in [-0.3, -0.25) is 23.7 Å². The molecule has 1 fully saturated rings. The number of pyridine rings is 1. The van der Waals surface area contributed by atoms with E-state index in [0.29, 0.717) is 57.8 Å². The molecule has 0 radical (unpaired) electrons. The lowest BCUT2D eigenvalue weighted by Crippen LogP contribution is -2.42. The molecule has 0 spiro atoms. The molecular weight excluding hydrogens is 542 g/mol. The number of thiophene rings is 1. The van der Waals surface area contributed by atoms with Crippen molar-refractivity contribution in [3.8, 4) is 11.4 Å². The lowest BCUT2D eigenvalue weighted by atomic mass is 9.95. The number of likely N-dealkylation sites (tertiary alicyclic amines) is 1. The van der Waals surface area contributed by atoms with Crippen molar-refractivity contribution >= 4 is 40.7 Å². The summed E-state index contributed by atoms with van der Waals surface area (Å²) in [4.78, 5) is 52.3. The third kappa shape index (κ3) is 5.76. The minimum Gasteiger partial charge on any atom is -0.369 e. The number of nitrogens with zero attached hydrogens (tertiary/aromatic N) is 5. The van der Waals surface area contributed by atoms with Gasteiger partial charge in [-0.1, -0.05) is 22.9 Å². The summed E-state index contributed by atoms with van der Waals surface area (Å²) in [6.45, 7) is 0.876. The molecule has 4 heterocycles. The molecule has 39 heavy (non-hydrogen) atoms. The molecule has 200 valence electrons. The van der Waals surface area contributed by atoms with Gasteiger partial charge in [0, 0.05) is 37.0 Å². The lowest BCUT2D eigenvalue weighted by molar-refractivity contribution is -0.123. The molecule has 3 amide bonds. The van der Waals surface area contributed by atoms with Crippen molar-refractivity contribution in [1.82, 2.24) is 29.8 Å². The van der Waals surface area contributed by atoms with Gasteiger partial charge in [-0.2, -0.15) is 0 Å². The van der Waals surface area contributed by atoms with Gasteiger partial charge in [-0.05, 0) is 49.2 Å². The average molecular weight is 566 g/mol. The Balaban J connectivity index is 1.43.